The van der Waals surface area contributed by atoms with E-state index in [-0.39, 0.29) is 5.91 Å². The van der Waals surface area contributed by atoms with Crippen molar-refractivity contribution >= 4 is 17.2 Å². The van der Waals surface area contributed by atoms with Gasteiger partial charge in [-0.2, -0.15) is 4.98 Å². The van der Waals surface area contributed by atoms with Crippen LogP contribution in [0.15, 0.2) is 22.0 Å². The van der Waals surface area contributed by atoms with Crippen molar-refractivity contribution in [3.63, 3.8) is 0 Å². The highest BCUT2D eigenvalue weighted by atomic mass is 32.1. The summed E-state index contributed by atoms with van der Waals surface area (Å²) >= 11 is 1.58. The van der Waals surface area contributed by atoms with Crippen LogP contribution in [0.5, 0.6) is 0 Å². The molecule has 1 amide bonds. The van der Waals surface area contributed by atoms with Crippen molar-refractivity contribution in [2.45, 2.75) is 50.6 Å². The van der Waals surface area contributed by atoms with Gasteiger partial charge < -0.3 is 14.7 Å². The summed E-state index contributed by atoms with van der Waals surface area (Å²) in [5.41, 5.74) is 0. The molecule has 7 heteroatoms. The number of thiophene rings is 1. The predicted octanol–water partition coefficient (Wildman–Crippen LogP) is 2.47. The molecule has 0 radical (unpaired) electrons. The Morgan fingerprint density at radius 1 is 1.33 bits per heavy atom. The number of nitrogens with one attached hydrogen (secondary N) is 1. The number of hydrogen-bond acceptors (Lipinski definition) is 6. The number of carbonyl (C=O) groups is 1. The Hall–Kier alpha value is -1.73. The lowest BCUT2D eigenvalue weighted by molar-refractivity contribution is -0.122. The molecule has 1 saturated heterocycles. The number of rotatable bonds is 6. The van der Waals surface area contributed by atoms with Gasteiger partial charge in [-0.1, -0.05) is 11.2 Å². The molecule has 2 fully saturated rings. The Morgan fingerprint density at radius 2 is 2.17 bits per heavy atom. The first-order chi connectivity index (χ1) is 11.8. The summed E-state index contributed by atoms with van der Waals surface area (Å²) in [6.45, 7) is 2.23. The third-order valence-electron chi connectivity index (χ3n) is 4.73. The van der Waals surface area contributed by atoms with Crippen molar-refractivity contribution in [2.75, 3.05) is 13.1 Å². The van der Waals surface area contributed by atoms with Crippen molar-refractivity contribution in [3.8, 4) is 10.7 Å². The first-order valence-corrected chi connectivity index (χ1v) is 9.56. The molecule has 6 nitrogen and oxygen atoms in total. The molecule has 1 N–H and O–H groups in total. The van der Waals surface area contributed by atoms with Crippen molar-refractivity contribution in [1.29, 1.82) is 0 Å². The number of aryl methyl sites for hydroxylation is 1. The fourth-order valence-corrected chi connectivity index (χ4v) is 3.88. The van der Waals surface area contributed by atoms with E-state index in [0.29, 0.717) is 30.6 Å². The highest BCUT2D eigenvalue weighted by Gasteiger charge is 2.32. The van der Waals surface area contributed by atoms with E-state index in [0.717, 1.165) is 36.9 Å². The highest BCUT2D eigenvalue weighted by molar-refractivity contribution is 7.13. The lowest BCUT2D eigenvalue weighted by atomic mass is 10.0. The van der Waals surface area contributed by atoms with E-state index in [1.54, 1.807) is 11.3 Å². The molecule has 2 aliphatic rings. The summed E-state index contributed by atoms with van der Waals surface area (Å²) in [6, 6.07) is 5.06. The molecule has 24 heavy (non-hydrogen) atoms. The van der Waals surface area contributed by atoms with Crippen molar-refractivity contribution in [3.05, 3.63) is 23.4 Å². The second-order valence-corrected chi connectivity index (χ2v) is 7.55. The third kappa shape index (κ3) is 3.84. The van der Waals surface area contributed by atoms with Gasteiger partial charge in [0.25, 0.3) is 0 Å². The third-order valence-corrected chi connectivity index (χ3v) is 5.60. The van der Waals surface area contributed by atoms with E-state index in [9.17, 15) is 4.79 Å². The van der Waals surface area contributed by atoms with Crippen molar-refractivity contribution < 1.29 is 9.32 Å². The molecule has 2 aromatic rings. The van der Waals surface area contributed by atoms with Gasteiger partial charge in [0.1, 0.15) is 0 Å². The minimum Gasteiger partial charge on any atom is -0.353 e. The summed E-state index contributed by atoms with van der Waals surface area (Å²) in [6.07, 6.45) is 5.72. The average molecular weight is 346 g/mol. The molecule has 128 valence electrons. The molecule has 0 atom stereocenters. The number of nitrogens with zero attached hydrogens (tertiary/aromatic N) is 3. The van der Waals surface area contributed by atoms with Crippen LogP contribution in [0.2, 0.25) is 0 Å². The maximum Gasteiger partial charge on any atom is 0.227 e. The van der Waals surface area contributed by atoms with E-state index in [1.807, 2.05) is 17.5 Å². The van der Waals surface area contributed by atoms with E-state index in [4.69, 9.17) is 4.52 Å². The van der Waals surface area contributed by atoms with Crippen LogP contribution < -0.4 is 5.32 Å². The Kier molecular flexibility index (Phi) is 4.62. The maximum absolute atomic E-state index is 12.1. The zero-order chi connectivity index (χ0) is 16.4. The smallest absolute Gasteiger partial charge is 0.227 e. The number of piperidine rings is 1. The van der Waals surface area contributed by atoms with Gasteiger partial charge in [0.2, 0.25) is 17.6 Å². The Balaban J connectivity index is 1.21. The molecular weight excluding hydrogens is 324 g/mol. The van der Waals surface area contributed by atoms with Gasteiger partial charge in [0.15, 0.2) is 0 Å². The van der Waals surface area contributed by atoms with Crippen LogP contribution >= 0.6 is 11.3 Å². The number of amides is 1. The number of carbonyl (C=O) groups excluding carboxylic acids is 1. The van der Waals surface area contributed by atoms with E-state index >= 15 is 0 Å². The topological polar surface area (TPSA) is 71.3 Å². The molecule has 3 heterocycles. The minimum atomic E-state index is 0.0794. The standard InChI is InChI=1S/C17H22N4O2S/c22-15(18-12-7-9-21(10-8-12)13-3-4-13)5-6-16-19-17(20-23-16)14-2-1-11-24-14/h1-2,11-13H,3-10H2,(H,18,22). The molecule has 0 bridgehead atoms. The fourth-order valence-electron chi connectivity index (χ4n) is 3.23. The lowest BCUT2D eigenvalue weighted by Gasteiger charge is -2.32. The van der Waals surface area contributed by atoms with Crippen LogP contribution in [0.25, 0.3) is 10.7 Å². The zero-order valence-electron chi connectivity index (χ0n) is 13.6. The zero-order valence-corrected chi connectivity index (χ0v) is 14.4. The molecule has 1 saturated carbocycles. The van der Waals surface area contributed by atoms with Crippen LogP contribution in [0.1, 0.15) is 38.0 Å². The Morgan fingerprint density at radius 3 is 2.88 bits per heavy atom. The van der Waals surface area contributed by atoms with Crippen molar-refractivity contribution in [2.24, 2.45) is 0 Å². The van der Waals surface area contributed by atoms with Gasteiger partial charge in [0.05, 0.1) is 4.88 Å². The maximum atomic E-state index is 12.1. The monoisotopic (exact) mass is 346 g/mol. The fraction of sp³-hybridized carbons (Fsp3) is 0.588. The van der Waals surface area contributed by atoms with Gasteiger partial charge in [-0.3, -0.25) is 4.79 Å². The summed E-state index contributed by atoms with van der Waals surface area (Å²) < 4.78 is 5.24. The second kappa shape index (κ2) is 7.03. The number of aromatic nitrogens is 2. The highest BCUT2D eigenvalue weighted by Crippen LogP contribution is 2.29. The van der Waals surface area contributed by atoms with E-state index in [1.165, 1.54) is 12.8 Å². The number of likely N-dealkylation sites (tertiary alicyclic amines) is 1. The van der Waals surface area contributed by atoms with Gasteiger partial charge in [0, 0.05) is 38.0 Å². The molecular formula is C17H22N4O2S. The molecule has 1 aliphatic heterocycles. The Bertz CT molecular complexity index is 673. The van der Waals surface area contributed by atoms with Crippen LogP contribution in [-0.2, 0) is 11.2 Å². The minimum absolute atomic E-state index is 0.0794. The van der Waals surface area contributed by atoms with Crippen LogP contribution in [0, 0.1) is 0 Å². The molecule has 1 aliphatic carbocycles. The number of hydrogen-bond donors (Lipinski definition) is 1. The SMILES string of the molecule is O=C(CCc1nc(-c2cccs2)no1)NC1CCN(C2CC2)CC1. The van der Waals surface area contributed by atoms with Gasteiger partial charge >= 0.3 is 0 Å². The van der Waals surface area contributed by atoms with Crippen LogP contribution in [0.4, 0.5) is 0 Å². The first-order valence-electron chi connectivity index (χ1n) is 8.68. The predicted molar refractivity (Wildman–Crippen MR) is 91.7 cm³/mol. The largest absolute Gasteiger partial charge is 0.353 e. The van der Waals surface area contributed by atoms with Crippen LogP contribution in [-0.4, -0.2) is 46.1 Å². The normalized spacial score (nSPS) is 19.5. The molecule has 4 rings (SSSR count). The first kappa shape index (κ1) is 15.8. The average Bonchev–Trinajstić information content (AvgIpc) is 3.11. The summed E-state index contributed by atoms with van der Waals surface area (Å²) in [7, 11) is 0. The molecule has 0 spiro atoms. The summed E-state index contributed by atoms with van der Waals surface area (Å²) in [5.74, 6) is 1.21. The molecule has 0 unspecified atom stereocenters. The Labute approximate surface area is 145 Å². The lowest BCUT2D eigenvalue weighted by Crippen LogP contribution is -2.45. The summed E-state index contributed by atoms with van der Waals surface area (Å²) in [5, 5.41) is 9.10. The van der Waals surface area contributed by atoms with Gasteiger partial charge in [-0.15, -0.1) is 11.3 Å². The van der Waals surface area contributed by atoms with Crippen LogP contribution in [0.3, 0.4) is 0 Å². The second-order valence-electron chi connectivity index (χ2n) is 6.60. The van der Waals surface area contributed by atoms with Gasteiger partial charge in [-0.25, -0.2) is 0 Å². The van der Waals surface area contributed by atoms with Crippen molar-refractivity contribution in [1.82, 2.24) is 20.4 Å². The molecule has 2 aromatic heterocycles. The molecule has 0 aromatic carbocycles. The summed E-state index contributed by atoms with van der Waals surface area (Å²) in [4.78, 5) is 20.0. The van der Waals surface area contributed by atoms with E-state index < -0.39 is 0 Å². The van der Waals surface area contributed by atoms with Gasteiger partial charge in [-0.05, 0) is 37.1 Å². The van der Waals surface area contributed by atoms with E-state index in [2.05, 4.69) is 20.4 Å². The quantitative estimate of drug-likeness (QED) is 0.870.